The fraction of sp³-hybridized carbons (Fsp3) is 0.423. The Morgan fingerprint density at radius 1 is 1.00 bits per heavy atom. The van der Waals surface area contributed by atoms with Crippen molar-refractivity contribution in [3.05, 3.63) is 70.6 Å². The molecular weight excluding hydrogens is 386 g/mol. The monoisotopic (exact) mass is 417 g/mol. The number of carbonyl (C=O) groups excluding carboxylic acids is 1. The van der Waals surface area contributed by atoms with Crippen molar-refractivity contribution in [2.24, 2.45) is 11.3 Å². The van der Waals surface area contributed by atoms with Gasteiger partial charge in [0.25, 0.3) is 11.5 Å². The fourth-order valence-corrected chi connectivity index (χ4v) is 4.66. The molecule has 1 aliphatic rings. The second kappa shape index (κ2) is 8.66. The standard InChI is InChI=1S/C26H31N3O2/c1-4-26(2,3)18-14-16-19(17-15-18)27-24(30)23-21-12-8-9-13-22(21)25(31)29(28-23)20-10-6-5-7-11-20/h5-13,18-19H,4,14-17H2,1-3H3,(H,27,30). The van der Waals surface area contributed by atoms with Gasteiger partial charge in [-0.3, -0.25) is 9.59 Å². The van der Waals surface area contributed by atoms with Crippen LogP contribution in [0.2, 0.25) is 0 Å². The third kappa shape index (κ3) is 4.27. The molecule has 0 saturated heterocycles. The molecule has 0 unspecified atom stereocenters. The molecule has 1 amide bonds. The van der Waals surface area contributed by atoms with Crippen LogP contribution in [0.25, 0.3) is 16.5 Å². The lowest BCUT2D eigenvalue weighted by Gasteiger charge is -2.39. The predicted molar refractivity (Wildman–Crippen MR) is 125 cm³/mol. The molecule has 31 heavy (non-hydrogen) atoms. The second-order valence-electron chi connectivity index (χ2n) is 9.31. The molecule has 5 heteroatoms. The molecule has 1 aliphatic carbocycles. The van der Waals surface area contributed by atoms with E-state index >= 15 is 0 Å². The first-order valence-electron chi connectivity index (χ1n) is 11.3. The number of carbonyl (C=O) groups is 1. The molecule has 3 aromatic rings. The van der Waals surface area contributed by atoms with Crippen LogP contribution in [-0.2, 0) is 0 Å². The molecule has 1 saturated carbocycles. The van der Waals surface area contributed by atoms with Gasteiger partial charge in [0.1, 0.15) is 0 Å². The number of nitrogens with one attached hydrogen (secondary N) is 1. The Morgan fingerprint density at radius 3 is 2.26 bits per heavy atom. The molecule has 162 valence electrons. The first kappa shape index (κ1) is 21.3. The van der Waals surface area contributed by atoms with Gasteiger partial charge in [0.05, 0.1) is 11.1 Å². The number of nitrogens with zero attached hydrogens (tertiary/aromatic N) is 2. The van der Waals surface area contributed by atoms with Crippen molar-refractivity contribution in [3.63, 3.8) is 0 Å². The lowest BCUT2D eigenvalue weighted by Crippen LogP contribution is -2.41. The number of para-hydroxylation sites is 1. The lowest BCUT2D eigenvalue weighted by atomic mass is 9.69. The van der Waals surface area contributed by atoms with E-state index in [0.29, 0.717) is 33.5 Å². The molecule has 0 aliphatic heterocycles. The summed E-state index contributed by atoms with van der Waals surface area (Å²) in [6, 6.07) is 16.6. The Balaban J connectivity index is 1.62. The number of aromatic nitrogens is 2. The van der Waals surface area contributed by atoms with Gasteiger partial charge in [-0.05, 0) is 55.2 Å². The summed E-state index contributed by atoms with van der Waals surface area (Å²) in [7, 11) is 0. The summed E-state index contributed by atoms with van der Waals surface area (Å²) in [6.45, 7) is 6.95. The zero-order chi connectivity index (χ0) is 22.0. The van der Waals surface area contributed by atoms with E-state index in [4.69, 9.17) is 0 Å². The van der Waals surface area contributed by atoms with Crippen molar-refractivity contribution in [2.45, 2.75) is 58.9 Å². The number of benzene rings is 2. The quantitative estimate of drug-likeness (QED) is 0.627. The maximum absolute atomic E-state index is 13.3. The summed E-state index contributed by atoms with van der Waals surface area (Å²) in [5.74, 6) is 0.490. The number of fused-ring (bicyclic) bond motifs is 1. The molecule has 0 spiro atoms. The predicted octanol–water partition coefficient (Wildman–Crippen LogP) is 5.11. The minimum atomic E-state index is -0.222. The first-order valence-corrected chi connectivity index (χ1v) is 11.3. The SMILES string of the molecule is CCC(C)(C)C1CCC(NC(=O)c2nn(-c3ccccc3)c(=O)c3ccccc23)CC1. The molecule has 1 N–H and O–H groups in total. The Hall–Kier alpha value is -2.95. The third-order valence-corrected chi connectivity index (χ3v) is 7.10. The highest BCUT2D eigenvalue weighted by Gasteiger charge is 2.32. The van der Waals surface area contributed by atoms with Crippen LogP contribution in [0.5, 0.6) is 0 Å². The number of amides is 1. The van der Waals surface area contributed by atoms with Gasteiger partial charge >= 0.3 is 0 Å². The largest absolute Gasteiger partial charge is 0.348 e. The van der Waals surface area contributed by atoms with Crippen molar-refractivity contribution >= 4 is 16.7 Å². The van der Waals surface area contributed by atoms with Gasteiger partial charge < -0.3 is 5.32 Å². The zero-order valence-electron chi connectivity index (χ0n) is 18.6. The minimum absolute atomic E-state index is 0.147. The molecule has 0 atom stereocenters. The highest BCUT2D eigenvalue weighted by atomic mass is 16.2. The van der Waals surface area contributed by atoms with Gasteiger partial charge in [0.2, 0.25) is 0 Å². The van der Waals surface area contributed by atoms with Crippen LogP contribution >= 0.6 is 0 Å². The summed E-state index contributed by atoms with van der Waals surface area (Å²) in [5.41, 5.74) is 1.07. The van der Waals surface area contributed by atoms with Gasteiger partial charge in [-0.1, -0.05) is 63.6 Å². The molecule has 0 radical (unpaired) electrons. The average Bonchev–Trinajstić information content (AvgIpc) is 2.80. The first-order chi connectivity index (χ1) is 14.9. The Morgan fingerprint density at radius 2 is 1.61 bits per heavy atom. The van der Waals surface area contributed by atoms with E-state index in [0.717, 1.165) is 25.7 Å². The zero-order valence-corrected chi connectivity index (χ0v) is 18.6. The summed E-state index contributed by atoms with van der Waals surface area (Å²) in [6.07, 6.45) is 5.39. The topological polar surface area (TPSA) is 64.0 Å². The molecule has 1 heterocycles. The van der Waals surface area contributed by atoms with E-state index < -0.39 is 0 Å². The van der Waals surface area contributed by atoms with E-state index in [2.05, 4.69) is 31.2 Å². The Kier molecular flexibility index (Phi) is 5.94. The Labute approximate surface area is 183 Å². The number of hydrogen-bond donors (Lipinski definition) is 1. The third-order valence-electron chi connectivity index (χ3n) is 7.10. The van der Waals surface area contributed by atoms with Gasteiger partial charge in [0, 0.05) is 11.4 Å². The molecular formula is C26H31N3O2. The molecule has 1 aromatic heterocycles. The molecule has 5 nitrogen and oxygen atoms in total. The smallest absolute Gasteiger partial charge is 0.279 e. The molecule has 2 aromatic carbocycles. The van der Waals surface area contributed by atoms with Gasteiger partial charge in [0.15, 0.2) is 5.69 Å². The van der Waals surface area contributed by atoms with Crippen molar-refractivity contribution in [3.8, 4) is 5.69 Å². The summed E-state index contributed by atoms with van der Waals surface area (Å²) >= 11 is 0. The van der Waals surface area contributed by atoms with E-state index in [-0.39, 0.29) is 17.5 Å². The highest BCUT2D eigenvalue weighted by Crippen LogP contribution is 2.40. The van der Waals surface area contributed by atoms with Crippen LogP contribution in [0.1, 0.15) is 63.4 Å². The highest BCUT2D eigenvalue weighted by molar-refractivity contribution is 6.05. The molecule has 4 rings (SSSR count). The molecule has 0 bridgehead atoms. The van der Waals surface area contributed by atoms with Gasteiger partial charge in [-0.2, -0.15) is 9.78 Å². The summed E-state index contributed by atoms with van der Waals surface area (Å²) < 4.78 is 1.33. The maximum atomic E-state index is 13.3. The normalized spacial score (nSPS) is 19.3. The molecule has 1 fully saturated rings. The van der Waals surface area contributed by atoms with Crippen LogP contribution in [0.3, 0.4) is 0 Å². The lowest BCUT2D eigenvalue weighted by molar-refractivity contribution is 0.0888. The van der Waals surface area contributed by atoms with Crippen molar-refractivity contribution < 1.29 is 4.79 Å². The minimum Gasteiger partial charge on any atom is -0.348 e. The van der Waals surface area contributed by atoms with Crippen LogP contribution in [-0.4, -0.2) is 21.7 Å². The summed E-state index contributed by atoms with van der Waals surface area (Å²) in [5, 5.41) is 8.79. The van der Waals surface area contributed by atoms with Crippen molar-refractivity contribution in [1.29, 1.82) is 0 Å². The van der Waals surface area contributed by atoms with E-state index in [1.165, 1.54) is 11.1 Å². The average molecular weight is 418 g/mol. The summed E-state index contributed by atoms with van der Waals surface area (Å²) in [4.78, 5) is 26.3. The maximum Gasteiger partial charge on any atom is 0.279 e. The van der Waals surface area contributed by atoms with Crippen LogP contribution in [0.4, 0.5) is 0 Å². The van der Waals surface area contributed by atoms with Gasteiger partial charge in [-0.25, -0.2) is 0 Å². The van der Waals surface area contributed by atoms with Crippen LogP contribution in [0.15, 0.2) is 59.4 Å². The van der Waals surface area contributed by atoms with Gasteiger partial charge in [-0.15, -0.1) is 0 Å². The van der Waals surface area contributed by atoms with E-state index in [9.17, 15) is 9.59 Å². The van der Waals surface area contributed by atoms with E-state index in [1.54, 1.807) is 12.1 Å². The van der Waals surface area contributed by atoms with Crippen LogP contribution < -0.4 is 10.9 Å². The van der Waals surface area contributed by atoms with Crippen molar-refractivity contribution in [2.75, 3.05) is 0 Å². The second-order valence-corrected chi connectivity index (χ2v) is 9.31. The number of hydrogen-bond acceptors (Lipinski definition) is 3. The number of rotatable bonds is 5. The van der Waals surface area contributed by atoms with Crippen LogP contribution in [0, 0.1) is 11.3 Å². The van der Waals surface area contributed by atoms with E-state index in [1.807, 2.05) is 42.5 Å². The van der Waals surface area contributed by atoms with Crippen molar-refractivity contribution in [1.82, 2.24) is 15.1 Å². The fourth-order valence-electron chi connectivity index (χ4n) is 4.66. The Bertz CT molecular complexity index is 1130.